The van der Waals surface area contributed by atoms with Gasteiger partial charge in [0.25, 0.3) is 0 Å². The van der Waals surface area contributed by atoms with Crippen LogP contribution in [-0.2, 0) is 0 Å². The summed E-state index contributed by atoms with van der Waals surface area (Å²) in [6.45, 7) is 0. The Morgan fingerprint density at radius 2 is 2.29 bits per heavy atom. The van der Waals surface area contributed by atoms with Gasteiger partial charge < -0.3 is 4.74 Å². The normalized spacial score (nSPS) is 10.4. The van der Waals surface area contributed by atoms with Crippen molar-refractivity contribution in [1.29, 1.82) is 0 Å². The minimum atomic E-state index is -0.587. The highest BCUT2D eigenvalue weighted by Gasteiger charge is 2.01. The van der Waals surface area contributed by atoms with Crippen LogP contribution in [-0.4, -0.2) is 12.0 Å². The summed E-state index contributed by atoms with van der Waals surface area (Å²) in [5.74, 6) is -0.429. The van der Waals surface area contributed by atoms with Gasteiger partial charge in [-0.25, -0.2) is 4.39 Å². The highest BCUT2D eigenvalue weighted by atomic mass is 19.1. The molecule has 5 heteroatoms. The van der Waals surface area contributed by atoms with E-state index in [1.165, 1.54) is 31.4 Å². The fourth-order valence-electron chi connectivity index (χ4n) is 0.927. The molecule has 0 N–H and O–H groups in total. The van der Waals surface area contributed by atoms with Gasteiger partial charge in [-0.15, -0.1) is 0 Å². The van der Waals surface area contributed by atoms with Gasteiger partial charge in [0.15, 0.2) is 11.6 Å². The zero-order valence-electron chi connectivity index (χ0n) is 7.44. The van der Waals surface area contributed by atoms with Crippen LogP contribution in [0, 0.1) is 15.9 Å². The van der Waals surface area contributed by atoms with Gasteiger partial charge in [-0.05, 0) is 17.7 Å². The number of hydrogen-bond acceptors (Lipinski definition) is 3. The van der Waals surface area contributed by atoms with Crippen LogP contribution in [0.15, 0.2) is 24.4 Å². The Bertz CT molecular complexity index is 376. The first-order chi connectivity index (χ1) is 6.63. The Hall–Kier alpha value is -1.91. The molecule has 0 saturated carbocycles. The number of nitrogens with zero attached hydrogens (tertiary/aromatic N) is 1. The highest BCUT2D eigenvalue weighted by Crippen LogP contribution is 2.18. The number of hydrogen-bond donors (Lipinski definition) is 0. The maximum Gasteiger partial charge on any atom is 0.235 e. The average molecular weight is 197 g/mol. The molecule has 0 aliphatic heterocycles. The van der Waals surface area contributed by atoms with E-state index in [1.807, 2.05) is 0 Å². The zero-order chi connectivity index (χ0) is 10.6. The molecule has 0 radical (unpaired) electrons. The molecule has 0 fully saturated rings. The van der Waals surface area contributed by atoms with Crippen LogP contribution in [0.25, 0.3) is 6.08 Å². The molecule has 0 aliphatic carbocycles. The number of methoxy groups -OCH3 is 1. The van der Waals surface area contributed by atoms with E-state index in [2.05, 4.69) is 0 Å². The number of benzene rings is 1. The van der Waals surface area contributed by atoms with Crippen molar-refractivity contribution in [3.05, 3.63) is 45.9 Å². The minimum absolute atomic E-state index is 0.0653. The fraction of sp³-hybridized carbons (Fsp3) is 0.111. The molecular weight excluding hydrogens is 189 g/mol. The summed E-state index contributed by atoms with van der Waals surface area (Å²) in [7, 11) is 1.33. The van der Waals surface area contributed by atoms with Gasteiger partial charge in [0.2, 0.25) is 6.20 Å². The van der Waals surface area contributed by atoms with Crippen molar-refractivity contribution < 1.29 is 14.1 Å². The van der Waals surface area contributed by atoms with Gasteiger partial charge >= 0.3 is 0 Å². The van der Waals surface area contributed by atoms with Crippen LogP contribution in [0.3, 0.4) is 0 Å². The van der Waals surface area contributed by atoms with E-state index in [-0.39, 0.29) is 5.75 Å². The lowest BCUT2D eigenvalue weighted by Crippen LogP contribution is -1.88. The molecule has 1 rings (SSSR count). The highest BCUT2D eigenvalue weighted by molar-refractivity contribution is 5.50. The van der Waals surface area contributed by atoms with Crippen molar-refractivity contribution in [3.8, 4) is 5.75 Å². The third-order valence-corrected chi connectivity index (χ3v) is 1.56. The first kappa shape index (κ1) is 10.2. The fourth-order valence-corrected chi connectivity index (χ4v) is 0.927. The Labute approximate surface area is 79.8 Å². The lowest BCUT2D eigenvalue weighted by atomic mass is 10.2. The molecule has 0 bridgehead atoms. The first-order valence-electron chi connectivity index (χ1n) is 3.78. The maximum atomic E-state index is 12.9. The van der Waals surface area contributed by atoms with E-state index in [0.29, 0.717) is 5.56 Å². The third-order valence-electron chi connectivity index (χ3n) is 1.56. The molecule has 0 spiro atoms. The van der Waals surface area contributed by atoms with Crippen molar-refractivity contribution in [2.45, 2.75) is 0 Å². The molecular formula is C9H8FNO3. The van der Waals surface area contributed by atoms with E-state index >= 15 is 0 Å². The monoisotopic (exact) mass is 197 g/mol. The smallest absolute Gasteiger partial charge is 0.235 e. The van der Waals surface area contributed by atoms with Gasteiger partial charge in [-0.3, -0.25) is 10.1 Å². The number of rotatable bonds is 3. The number of halogens is 1. The topological polar surface area (TPSA) is 52.4 Å². The van der Waals surface area contributed by atoms with Gasteiger partial charge in [-0.1, -0.05) is 6.07 Å². The molecule has 0 aromatic heterocycles. The van der Waals surface area contributed by atoms with Crippen molar-refractivity contribution in [3.63, 3.8) is 0 Å². The van der Waals surface area contributed by atoms with Gasteiger partial charge in [0, 0.05) is 6.08 Å². The molecule has 74 valence electrons. The van der Waals surface area contributed by atoms with E-state index in [4.69, 9.17) is 4.74 Å². The van der Waals surface area contributed by atoms with E-state index in [1.54, 1.807) is 0 Å². The minimum Gasteiger partial charge on any atom is -0.494 e. The number of ether oxygens (including phenoxy) is 1. The Morgan fingerprint density at radius 1 is 1.57 bits per heavy atom. The predicted molar refractivity (Wildman–Crippen MR) is 49.0 cm³/mol. The second-order valence-electron chi connectivity index (χ2n) is 2.50. The quantitative estimate of drug-likeness (QED) is 0.550. The summed E-state index contributed by atoms with van der Waals surface area (Å²) in [5.41, 5.74) is 0.514. The predicted octanol–water partition coefficient (Wildman–Crippen LogP) is 2.08. The molecule has 0 heterocycles. The number of nitro groups is 1. The lowest BCUT2D eigenvalue weighted by Gasteiger charge is -2.01. The molecule has 1 aromatic carbocycles. The lowest BCUT2D eigenvalue weighted by molar-refractivity contribution is -0.400. The molecule has 4 nitrogen and oxygen atoms in total. The maximum absolute atomic E-state index is 12.9. The second kappa shape index (κ2) is 4.36. The van der Waals surface area contributed by atoms with E-state index in [9.17, 15) is 14.5 Å². The van der Waals surface area contributed by atoms with Gasteiger partial charge in [-0.2, -0.15) is 0 Å². The molecule has 0 atom stereocenters. The first-order valence-corrected chi connectivity index (χ1v) is 3.78. The van der Waals surface area contributed by atoms with Crippen LogP contribution in [0.5, 0.6) is 5.75 Å². The van der Waals surface area contributed by atoms with Gasteiger partial charge in [0.05, 0.1) is 12.0 Å². The third kappa shape index (κ3) is 2.55. The summed E-state index contributed by atoms with van der Waals surface area (Å²) in [4.78, 5) is 9.42. The molecule has 0 amide bonds. The standard InChI is InChI=1S/C9H8FNO3/c1-14-9-6-7(2-3-8(9)10)4-5-11(12)13/h2-6H,1H3. The SMILES string of the molecule is COc1cc(C=C[N+](=O)[O-])ccc1F. The van der Waals surface area contributed by atoms with Gasteiger partial charge in [0.1, 0.15) is 0 Å². The van der Waals surface area contributed by atoms with Crippen LogP contribution in [0.4, 0.5) is 4.39 Å². The summed E-state index contributed by atoms with van der Waals surface area (Å²) in [5, 5.41) is 10.0. The average Bonchev–Trinajstić information content (AvgIpc) is 2.16. The Morgan fingerprint density at radius 3 is 2.86 bits per heavy atom. The summed E-state index contributed by atoms with van der Waals surface area (Å²) >= 11 is 0. The van der Waals surface area contributed by atoms with Crippen molar-refractivity contribution in [1.82, 2.24) is 0 Å². The van der Waals surface area contributed by atoms with E-state index < -0.39 is 10.7 Å². The largest absolute Gasteiger partial charge is 0.494 e. The molecule has 14 heavy (non-hydrogen) atoms. The molecule has 0 aliphatic rings. The van der Waals surface area contributed by atoms with Crippen molar-refractivity contribution >= 4 is 6.08 Å². The zero-order valence-corrected chi connectivity index (χ0v) is 7.44. The molecule has 0 unspecified atom stereocenters. The van der Waals surface area contributed by atoms with Crippen molar-refractivity contribution in [2.75, 3.05) is 7.11 Å². The summed E-state index contributed by atoms with van der Waals surface area (Å²) in [6.07, 6.45) is 2.05. The summed E-state index contributed by atoms with van der Waals surface area (Å²) < 4.78 is 17.6. The van der Waals surface area contributed by atoms with Crippen LogP contribution in [0.2, 0.25) is 0 Å². The Balaban J connectivity index is 2.95. The van der Waals surface area contributed by atoms with Crippen LogP contribution in [0.1, 0.15) is 5.56 Å². The van der Waals surface area contributed by atoms with Crippen LogP contribution >= 0.6 is 0 Å². The van der Waals surface area contributed by atoms with E-state index in [0.717, 1.165) is 6.20 Å². The Kier molecular flexibility index (Phi) is 3.17. The van der Waals surface area contributed by atoms with Crippen LogP contribution < -0.4 is 4.74 Å². The second-order valence-corrected chi connectivity index (χ2v) is 2.50. The molecule has 1 aromatic rings. The summed E-state index contributed by atoms with van der Waals surface area (Å²) in [6, 6.07) is 4.01. The van der Waals surface area contributed by atoms with Crippen molar-refractivity contribution in [2.24, 2.45) is 0 Å². The molecule has 0 saturated heterocycles.